The number of carbonyl (C=O) groups is 1. The van der Waals surface area contributed by atoms with Crippen LogP contribution < -0.4 is 0 Å². The number of carboxylic acid groups (broad SMARTS) is 1. The molecule has 0 unspecified atom stereocenters. The van der Waals surface area contributed by atoms with Crippen LogP contribution in [0.25, 0.3) is 0 Å². The van der Waals surface area contributed by atoms with Gasteiger partial charge >= 0.3 is 5.97 Å². The summed E-state index contributed by atoms with van der Waals surface area (Å²) in [5.41, 5.74) is 2.78. The number of hydrogen-bond donors (Lipinski definition) is 1. The third-order valence-electron chi connectivity index (χ3n) is 2.99. The lowest BCUT2D eigenvalue weighted by molar-refractivity contribution is -0.132. The van der Waals surface area contributed by atoms with Crippen molar-refractivity contribution >= 4 is 5.97 Å². The molecule has 0 amide bonds. The van der Waals surface area contributed by atoms with Crippen LogP contribution in [0.2, 0.25) is 0 Å². The van der Waals surface area contributed by atoms with E-state index in [0.29, 0.717) is 18.8 Å². The summed E-state index contributed by atoms with van der Waals surface area (Å²) in [5.74, 6) is -0.849. The zero-order valence-corrected chi connectivity index (χ0v) is 12.1. The molecule has 0 aliphatic heterocycles. The molecule has 20 heavy (non-hydrogen) atoms. The lowest BCUT2D eigenvalue weighted by Crippen LogP contribution is -1.96. The highest BCUT2D eigenvalue weighted by Crippen LogP contribution is 2.07. The quantitative estimate of drug-likeness (QED) is 0.443. The van der Waals surface area contributed by atoms with Gasteiger partial charge in [0.15, 0.2) is 0 Å². The first kappa shape index (κ1) is 16.2. The number of carboxylic acids is 1. The molecule has 0 atom stereocenters. The van der Waals surface area contributed by atoms with Gasteiger partial charge in [-0.2, -0.15) is 0 Å². The summed E-state index contributed by atoms with van der Waals surface area (Å²) in [5, 5.41) is 8.73. The third-order valence-corrected chi connectivity index (χ3v) is 2.99. The SMILES string of the molecule is CC(=CCOCc1ccccc1)CCC=C(C)C(=O)O. The maximum absolute atomic E-state index is 10.6. The fourth-order valence-electron chi connectivity index (χ4n) is 1.66. The number of ether oxygens (including phenoxy) is 1. The Hall–Kier alpha value is -1.87. The molecule has 0 radical (unpaired) electrons. The highest BCUT2D eigenvalue weighted by Gasteiger charge is 1.98. The first-order valence-electron chi connectivity index (χ1n) is 6.77. The minimum Gasteiger partial charge on any atom is -0.478 e. The number of benzene rings is 1. The Kier molecular flexibility index (Phi) is 7.36. The summed E-state index contributed by atoms with van der Waals surface area (Å²) in [7, 11) is 0. The number of aliphatic carboxylic acids is 1. The van der Waals surface area contributed by atoms with Gasteiger partial charge in [0.1, 0.15) is 0 Å². The first-order chi connectivity index (χ1) is 9.59. The summed E-state index contributed by atoms with van der Waals surface area (Å²) in [6.07, 6.45) is 5.41. The largest absolute Gasteiger partial charge is 0.478 e. The van der Waals surface area contributed by atoms with E-state index in [1.807, 2.05) is 43.3 Å². The second-order valence-electron chi connectivity index (χ2n) is 4.78. The average molecular weight is 274 g/mol. The van der Waals surface area contributed by atoms with Gasteiger partial charge < -0.3 is 9.84 Å². The molecule has 0 aromatic heterocycles. The van der Waals surface area contributed by atoms with Gasteiger partial charge in [-0.15, -0.1) is 0 Å². The smallest absolute Gasteiger partial charge is 0.330 e. The van der Waals surface area contributed by atoms with Gasteiger partial charge in [-0.05, 0) is 32.3 Å². The lowest BCUT2D eigenvalue weighted by atomic mass is 10.1. The molecule has 1 aromatic carbocycles. The Bertz CT molecular complexity index is 472. The molecule has 1 aromatic rings. The predicted molar refractivity (Wildman–Crippen MR) is 80.5 cm³/mol. The minimum absolute atomic E-state index is 0.401. The Labute approximate surface area is 120 Å². The van der Waals surface area contributed by atoms with Crippen molar-refractivity contribution in [3.63, 3.8) is 0 Å². The van der Waals surface area contributed by atoms with Crippen molar-refractivity contribution in [3.8, 4) is 0 Å². The normalized spacial score (nSPS) is 12.5. The highest BCUT2D eigenvalue weighted by molar-refractivity contribution is 5.85. The second-order valence-corrected chi connectivity index (χ2v) is 4.78. The maximum Gasteiger partial charge on any atom is 0.330 e. The van der Waals surface area contributed by atoms with E-state index in [-0.39, 0.29) is 0 Å². The van der Waals surface area contributed by atoms with Gasteiger partial charge in [0.2, 0.25) is 0 Å². The Morgan fingerprint density at radius 3 is 2.55 bits per heavy atom. The number of rotatable bonds is 8. The van der Waals surface area contributed by atoms with Gasteiger partial charge in [-0.1, -0.05) is 48.1 Å². The van der Waals surface area contributed by atoms with Crippen molar-refractivity contribution in [3.05, 3.63) is 59.2 Å². The van der Waals surface area contributed by atoms with Gasteiger partial charge in [-0.3, -0.25) is 0 Å². The molecular formula is C17H22O3. The van der Waals surface area contributed by atoms with Crippen molar-refractivity contribution in [1.82, 2.24) is 0 Å². The summed E-state index contributed by atoms with van der Waals surface area (Å²) < 4.78 is 5.57. The monoisotopic (exact) mass is 274 g/mol. The molecule has 1 rings (SSSR count). The van der Waals surface area contributed by atoms with Crippen LogP contribution in [0.1, 0.15) is 32.3 Å². The van der Waals surface area contributed by atoms with E-state index in [9.17, 15) is 4.79 Å². The topological polar surface area (TPSA) is 46.5 Å². The second kappa shape index (κ2) is 9.10. The summed E-state index contributed by atoms with van der Waals surface area (Å²) in [6.45, 7) is 4.85. The van der Waals surface area contributed by atoms with E-state index in [1.54, 1.807) is 13.0 Å². The van der Waals surface area contributed by atoms with Gasteiger partial charge in [0, 0.05) is 5.57 Å². The van der Waals surface area contributed by atoms with Crippen molar-refractivity contribution in [1.29, 1.82) is 0 Å². The molecular weight excluding hydrogens is 252 g/mol. The average Bonchev–Trinajstić information content (AvgIpc) is 2.44. The molecule has 3 heteroatoms. The van der Waals surface area contributed by atoms with Crippen LogP contribution in [-0.4, -0.2) is 17.7 Å². The molecule has 108 valence electrons. The molecule has 0 aliphatic rings. The zero-order valence-electron chi connectivity index (χ0n) is 12.1. The van der Waals surface area contributed by atoms with E-state index >= 15 is 0 Å². The molecule has 1 N–H and O–H groups in total. The molecule has 0 heterocycles. The number of allylic oxidation sites excluding steroid dienone is 2. The van der Waals surface area contributed by atoms with Crippen molar-refractivity contribution in [2.24, 2.45) is 0 Å². The van der Waals surface area contributed by atoms with Crippen LogP contribution in [-0.2, 0) is 16.1 Å². The van der Waals surface area contributed by atoms with Crippen LogP contribution in [0, 0.1) is 0 Å². The van der Waals surface area contributed by atoms with Crippen LogP contribution >= 0.6 is 0 Å². The summed E-state index contributed by atoms with van der Waals surface area (Å²) in [4.78, 5) is 10.6. The summed E-state index contributed by atoms with van der Waals surface area (Å²) >= 11 is 0. The first-order valence-corrected chi connectivity index (χ1v) is 6.77. The molecule has 0 bridgehead atoms. The van der Waals surface area contributed by atoms with Crippen molar-refractivity contribution < 1.29 is 14.6 Å². The molecule has 0 spiro atoms. The van der Waals surface area contributed by atoms with Gasteiger partial charge in [0.05, 0.1) is 13.2 Å². The Morgan fingerprint density at radius 1 is 1.20 bits per heavy atom. The van der Waals surface area contributed by atoms with E-state index in [2.05, 4.69) is 0 Å². The van der Waals surface area contributed by atoms with Crippen LogP contribution in [0.4, 0.5) is 0 Å². The fraction of sp³-hybridized carbons (Fsp3) is 0.353. The van der Waals surface area contributed by atoms with Gasteiger partial charge in [-0.25, -0.2) is 4.79 Å². The van der Waals surface area contributed by atoms with E-state index in [1.165, 1.54) is 11.1 Å². The van der Waals surface area contributed by atoms with Crippen LogP contribution in [0.15, 0.2) is 53.6 Å². The lowest BCUT2D eigenvalue weighted by Gasteiger charge is -2.03. The highest BCUT2D eigenvalue weighted by atomic mass is 16.5. The minimum atomic E-state index is -0.849. The third kappa shape index (κ3) is 6.90. The van der Waals surface area contributed by atoms with Crippen molar-refractivity contribution in [2.75, 3.05) is 6.61 Å². The molecule has 0 saturated carbocycles. The van der Waals surface area contributed by atoms with Gasteiger partial charge in [0.25, 0.3) is 0 Å². The zero-order chi connectivity index (χ0) is 14.8. The van der Waals surface area contributed by atoms with E-state index in [0.717, 1.165) is 12.8 Å². The molecule has 0 saturated heterocycles. The van der Waals surface area contributed by atoms with E-state index < -0.39 is 5.97 Å². The Balaban J connectivity index is 2.22. The predicted octanol–water partition coefficient (Wildman–Crippen LogP) is 3.96. The Morgan fingerprint density at radius 2 is 1.90 bits per heavy atom. The summed E-state index contributed by atoms with van der Waals surface area (Å²) in [6, 6.07) is 10.1. The molecule has 0 aliphatic carbocycles. The van der Waals surface area contributed by atoms with Crippen LogP contribution in [0.5, 0.6) is 0 Å². The van der Waals surface area contributed by atoms with E-state index in [4.69, 9.17) is 9.84 Å². The standard InChI is InChI=1S/C17H22O3/c1-14(7-6-8-15(2)17(18)19)11-12-20-13-16-9-4-3-5-10-16/h3-5,8-11H,6-7,12-13H2,1-2H3,(H,18,19). The fourth-order valence-corrected chi connectivity index (χ4v) is 1.66. The van der Waals surface area contributed by atoms with Crippen molar-refractivity contribution in [2.45, 2.75) is 33.3 Å². The number of hydrogen-bond acceptors (Lipinski definition) is 2. The van der Waals surface area contributed by atoms with Crippen LogP contribution in [0.3, 0.4) is 0 Å². The molecule has 3 nitrogen and oxygen atoms in total. The molecule has 0 fully saturated rings. The maximum atomic E-state index is 10.6.